The fourth-order valence-electron chi connectivity index (χ4n) is 3.53. The van der Waals surface area contributed by atoms with Crippen LogP contribution in [0.3, 0.4) is 0 Å². The summed E-state index contributed by atoms with van der Waals surface area (Å²) in [6.45, 7) is 3.72. The van der Waals surface area contributed by atoms with Crippen LogP contribution in [0, 0.1) is 0 Å². The molecule has 0 spiro atoms. The second-order valence-corrected chi connectivity index (χ2v) is 6.75. The summed E-state index contributed by atoms with van der Waals surface area (Å²) >= 11 is 1.56. The number of amides is 1. The number of thiophene rings is 1. The van der Waals surface area contributed by atoms with Crippen LogP contribution in [0.2, 0.25) is 0 Å². The third-order valence-corrected chi connectivity index (χ3v) is 5.58. The van der Waals surface area contributed by atoms with Crippen molar-refractivity contribution in [2.24, 2.45) is 0 Å². The highest BCUT2D eigenvalue weighted by Crippen LogP contribution is 2.34. The van der Waals surface area contributed by atoms with Crippen LogP contribution in [0.4, 0.5) is 5.95 Å². The predicted octanol–water partition coefficient (Wildman–Crippen LogP) is 2.20. The zero-order valence-corrected chi connectivity index (χ0v) is 13.3. The predicted molar refractivity (Wildman–Crippen MR) is 86.3 cm³/mol. The number of piperazine rings is 1. The molecule has 2 atom stereocenters. The molecule has 0 aliphatic carbocycles. The molecule has 0 aromatic carbocycles. The lowest BCUT2D eigenvalue weighted by Crippen LogP contribution is -2.49. The van der Waals surface area contributed by atoms with E-state index < -0.39 is 0 Å². The molecular weight excluding hydrogens is 296 g/mol. The summed E-state index contributed by atoms with van der Waals surface area (Å²) in [6.07, 6.45) is 5.49. The van der Waals surface area contributed by atoms with E-state index in [2.05, 4.69) is 32.8 Å². The third-order valence-electron chi connectivity index (χ3n) is 4.63. The molecule has 2 fully saturated rings. The van der Waals surface area contributed by atoms with Crippen LogP contribution < -0.4 is 4.90 Å². The van der Waals surface area contributed by atoms with E-state index in [0.29, 0.717) is 6.04 Å². The Morgan fingerprint density at radius 2 is 2.14 bits per heavy atom. The molecular formula is C16H18N4OS. The highest BCUT2D eigenvalue weighted by Gasteiger charge is 2.46. The Labute approximate surface area is 133 Å². The number of rotatable bonds is 3. The molecule has 0 N–H and O–H groups in total. The first-order valence-electron chi connectivity index (χ1n) is 7.69. The largest absolute Gasteiger partial charge is 0.334 e. The van der Waals surface area contributed by atoms with Crippen molar-refractivity contribution in [1.82, 2.24) is 14.9 Å². The normalized spacial score (nSPS) is 23.3. The van der Waals surface area contributed by atoms with Crippen molar-refractivity contribution in [3.05, 3.63) is 40.3 Å². The number of nitrogens with zero attached hydrogens (tertiary/aromatic N) is 4. The average molecular weight is 314 g/mol. The molecule has 2 bridgehead atoms. The average Bonchev–Trinajstić information content (AvgIpc) is 3.29. The van der Waals surface area contributed by atoms with Gasteiger partial charge in [0.25, 0.3) is 5.91 Å². The van der Waals surface area contributed by atoms with E-state index in [1.807, 2.05) is 11.4 Å². The maximum absolute atomic E-state index is 12.8. The molecule has 0 unspecified atom stereocenters. The maximum atomic E-state index is 12.8. The van der Waals surface area contributed by atoms with Crippen molar-refractivity contribution < 1.29 is 4.79 Å². The molecule has 2 aromatic heterocycles. The van der Waals surface area contributed by atoms with Gasteiger partial charge in [0, 0.05) is 25.5 Å². The summed E-state index contributed by atoms with van der Waals surface area (Å²) in [4.78, 5) is 26.7. The lowest BCUT2D eigenvalue weighted by atomic mass is 10.2. The summed E-state index contributed by atoms with van der Waals surface area (Å²) in [5.74, 6) is 0.987. The highest BCUT2D eigenvalue weighted by molar-refractivity contribution is 7.12. The number of carbonyl (C=O) groups excluding carboxylic acids is 1. The van der Waals surface area contributed by atoms with Gasteiger partial charge in [0.2, 0.25) is 5.95 Å². The first kappa shape index (κ1) is 13.7. The number of likely N-dealkylation sites (tertiary alicyclic amines) is 1. The molecule has 114 valence electrons. The Balaban J connectivity index is 1.52. The van der Waals surface area contributed by atoms with Gasteiger partial charge in [-0.3, -0.25) is 4.79 Å². The molecule has 4 rings (SSSR count). The van der Waals surface area contributed by atoms with Gasteiger partial charge in [0.1, 0.15) is 0 Å². The van der Waals surface area contributed by atoms with Gasteiger partial charge in [-0.05, 0) is 35.9 Å². The van der Waals surface area contributed by atoms with Gasteiger partial charge in [0.15, 0.2) is 0 Å². The van der Waals surface area contributed by atoms with Crippen molar-refractivity contribution in [1.29, 1.82) is 0 Å². The molecule has 0 saturated carbocycles. The second kappa shape index (κ2) is 5.35. The smallest absolute Gasteiger partial charge is 0.264 e. The van der Waals surface area contributed by atoms with Crippen molar-refractivity contribution >= 4 is 23.2 Å². The summed E-state index contributed by atoms with van der Waals surface area (Å²) < 4.78 is 0. The van der Waals surface area contributed by atoms with E-state index in [-0.39, 0.29) is 11.9 Å². The molecule has 2 saturated heterocycles. The van der Waals surface area contributed by atoms with Gasteiger partial charge in [-0.1, -0.05) is 6.92 Å². The zero-order valence-electron chi connectivity index (χ0n) is 12.5. The van der Waals surface area contributed by atoms with Crippen LogP contribution in [-0.4, -0.2) is 45.9 Å². The molecule has 5 nitrogen and oxygen atoms in total. The van der Waals surface area contributed by atoms with Crippen molar-refractivity contribution in [3.8, 4) is 0 Å². The first-order chi connectivity index (χ1) is 10.8. The quantitative estimate of drug-likeness (QED) is 0.871. The minimum Gasteiger partial charge on any atom is -0.334 e. The Hall–Kier alpha value is -1.95. The second-order valence-electron chi connectivity index (χ2n) is 5.83. The van der Waals surface area contributed by atoms with E-state index in [0.717, 1.165) is 36.8 Å². The van der Waals surface area contributed by atoms with E-state index in [4.69, 9.17) is 0 Å². The summed E-state index contributed by atoms with van der Waals surface area (Å²) in [6, 6.07) is 4.53. The van der Waals surface area contributed by atoms with Crippen LogP contribution in [0.5, 0.6) is 0 Å². The summed E-state index contributed by atoms with van der Waals surface area (Å²) in [7, 11) is 0. The molecule has 6 heteroatoms. The van der Waals surface area contributed by atoms with E-state index in [9.17, 15) is 4.79 Å². The highest BCUT2D eigenvalue weighted by atomic mass is 32.1. The van der Waals surface area contributed by atoms with Gasteiger partial charge in [-0.25, -0.2) is 9.97 Å². The Kier molecular flexibility index (Phi) is 3.33. The molecule has 4 heterocycles. The Morgan fingerprint density at radius 1 is 1.32 bits per heavy atom. The summed E-state index contributed by atoms with van der Waals surface area (Å²) in [5, 5.41) is 2.02. The zero-order chi connectivity index (χ0) is 15.1. The topological polar surface area (TPSA) is 49.3 Å². The first-order valence-corrected chi connectivity index (χ1v) is 8.57. The number of carbonyl (C=O) groups is 1. The number of hydrogen-bond donors (Lipinski definition) is 0. The van der Waals surface area contributed by atoms with E-state index in [1.54, 1.807) is 23.7 Å². The monoisotopic (exact) mass is 314 g/mol. The molecule has 22 heavy (non-hydrogen) atoms. The Bertz CT molecular complexity index is 686. The Morgan fingerprint density at radius 3 is 2.82 bits per heavy atom. The number of hydrogen-bond acceptors (Lipinski definition) is 5. The maximum Gasteiger partial charge on any atom is 0.264 e. The fourth-order valence-corrected chi connectivity index (χ4v) is 4.48. The van der Waals surface area contributed by atoms with Crippen molar-refractivity contribution in [2.45, 2.75) is 31.8 Å². The molecule has 2 aliphatic rings. The van der Waals surface area contributed by atoms with E-state index >= 15 is 0 Å². The SMILES string of the molecule is CCc1ccsc1C(=O)N1C[C@@H]2C[C@H]1CN2c1ncccn1. The van der Waals surface area contributed by atoms with E-state index in [1.165, 1.54) is 5.56 Å². The lowest BCUT2D eigenvalue weighted by molar-refractivity contribution is 0.0729. The van der Waals surface area contributed by atoms with Gasteiger partial charge >= 0.3 is 0 Å². The minimum absolute atomic E-state index is 0.202. The van der Waals surface area contributed by atoms with Gasteiger partial charge < -0.3 is 9.80 Å². The number of aromatic nitrogens is 2. The van der Waals surface area contributed by atoms with Crippen molar-refractivity contribution in [2.75, 3.05) is 18.0 Å². The fraction of sp³-hybridized carbons (Fsp3) is 0.438. The third kappa shape index (κ3) is 2.09. The van der Waals surface area contributed by atoms with Crippen LogP contribution in [-0.2, 0) is 6.42 Å². The lowest BCUT2D eigenvalue weighted by Gasteiger charge is -2.34. The van der Waals surface area contributed by atoms with Crippen molar-refractivity contribution in [3.63, 3.8) is 0 Å². The standard InChI is InChI=1S/C16H18N4OS/c1-2-11-4-7-22-14(11)15(21)19-9-13-8-12(19)10-20(13)16-17-5-3-6-18-16/h3-7,12-13H,2,8-10H2,1H3/t12-,13-/m0/s1. The number of anilines is 1. The molecule has 0 radical (unpaired) electrons. The molecule has 1 amide bonds. The molecule has 2 aliphatic heterocycles. The van der Waals surface area contributed by atoms with Crippen LogP contribution >= 0.6 is 11.3 Å². The summed E-state index contributed by atoms with van der Waals surface area (Å²) in [5.41, 5.74) is 1.17. The van der Waals surface area contributed by atoms with Gasteiger partial charge in [-0.2, -0.15) is 0 Å². The van der Waals surface area contributed by atoms with Crippen LogP contribution in [0.15, 0.2) is 29.9 Å². The minimum atomic E-state index is 0.202. The van der Waals surface area contributed by atoms with Crippen LogP contribution in [0.25, 0.3) is 0 Å². The molecule has 2 aromatic rings. The van der Waals surface area contributed by atoms with Gasteiger partial charge in [-0.15, -0.1) is 11.3 Å². The van der Waals surface area contributed by atoms with Gasteiger partial charge in [0.05, 0.1) is 17.0 Å². The number of fused-ring (bicyclic) bond motifs is 2. The number of aryl methyl sites for hydroxylation is 1. The van der Waals surface area contributed by atoms with Crippen LogP contribution in [0.1, 0.15) is 28.6 Å².